The second-order valence-corrected chi connectivity index (χ2v) is 8.75. The lowest BCUT2D eigenvalue weighted by Crippen LogP contribution is -2.53. The number of carboxylic acid groups (broad SMARTS) is 1. The molecular weight excluding hydrogens is 436 g/mol. The average Bonchev–Trinajstić information content (AvgIpc) is 3.13. The molecule has 2 amide bonds. The van der Waals surface area contributed by atoms with Crippen LogP contribution < -0.4 is 5.32 Å². The molecule has 8 nitrogen and oxygen atoms in total. The number of alkyl carbamates (subject to hydrolysis) is 1. The van der Waals surface area contributed by atoms with E-state index in [2.05, 4.69) is 5.32 Å². The van der Waals surface area contributed by atoms with E-state index in [1.165, 1.54) is 12.0 Å². The number of carbonyl (C=O) groups excluding carboxylic acids is 2. The molecule has 0 saturated carbocycles. The smallest absolute Gasteiger partial charge is 0.407 e. The highest BCUT2D eigenvalue weighted by atomic mass is 16.5. The molecule has 0 fully saturated rings. The van der Waals surface area contributed by atoms with E-state index in [4.69, 9.17) is 9.47 Å². The number of rotatable bonds is 10. The average molecular weight is 469 g/mol. The second kappa shape index (κ2) is 11.2. The first-order valence-corrected chi connectivity index (χ1v) is 11.4. The quantitative estimate of drug-likeness (QED) is 0.552. The number of benzene rings is 2. The molecule has 2 aromatic carbocycles. The number of nitrogens with zero attached hydrogens (tertiary/aromatic N) is 1. The maximum absolute atomic E-state index is 13.1. The monoisotopic (exact) mass is 468 g/mol. The molecule has 1 aliphatic rings. The summed E-state index contributed by atoms with van der Waals surface area (Å²) in [4.78, 5) is 38.7. The van der Waals surface area contributed by atoms with Crippen LogP contribution in [0.25, 0.3) is 11.1 Å². The zero-order valence-electron chi connectivity index (χ0n) is 20.0. The van der Waals surface area contributed by atoms with Gasteiger partial charge in [0.15, 0.2) is 0 Å². The minimum Gasteiger partial charge on any atom is -0.481 e. The molecule has 2 unspecified atom stereocenters. The van der Waals surface area contributed by atoms with Crippen molar-refractivity contribution in [3.8, 4) is 11.1 Å². The van der Waals surface area contributed by atoms with Crippen molar-refractivity contribution >= 4 is 18.0 Å². The molecule has 2 aromatic rings. The van der Waals surface area contributed by atoms with Crippen LogP contribution in [0.5, 0.6) is 0 Å². The molecule has 2 atom stereocenters. The number of amides is 2. The maximum Gasteiger partial charge on any atom is 0.407 e. The summed E-state index contributed by atoms with van der Waals surface area (Å²) in [5, 5.41) is 11.8. The Morgan fingerprint density at radius 2 is 1.56 bits per heavy atom. The number of ether oxygens (including phenoxy) is 2. The van der Waals surface area contributed by atoms with E-state index >= 15 is 0 Å². The number of hydrogen-bond donors (Lipinski definition) is 2. The van der Waals surface area contributed by atoms with Crippen molar-refractivity contribution in [2.75, 3.05) is 20.3 Å². The highest BCUT2D eigenvalue weighted by molar-refractivity contribution is 5.89. The molecule has 0 saturated heterocycles. The van der Waals surface area contributed by atoms with Crippen molar-refractivity contribution in [1.29, 1.82) is 0 Å². The third-order valence-electron chi connectivity index (χ3n) is 6.08. The lowest BCUT2D eigenvalue weighted by molar-refractivity contribution is -0.144. The number of nitrogens with one attached hydrogen (secondary N) is 1. The van der Waals surface area contributed by atoms with Crippen LogP contribution in [-0.4, -0.2) is 66.4 Å². The van der Waals surface area contributed by atoms with Gasteiger partial charge in [-0.25, -0.2) is 4.79 Å². The molecule has 0 heterocycles. The number of carbonyl (C=O) groups is 3. The summed E-state index contributed by atoms with van der Waals surface area (Å²) in [6.07, 6.45) is -1.62. The molecule has 8 heteroatoms. The predicted octanol–water partition coefficient (Wildman–Crippen LogP) is 3.64. The van der Waals surface area contributed by atoms with Gasteiger partial charge in [0.1, 0.15) is 12.6 Å². The highest BCUT2D eigenvalue weighted by Crippen LogP contribution is 2.44. The number of hydrogen-bond acceptors (Lipinski definition) is 5. The predicted molar refractivity (Wildman–Crippen MR) is 128 cm³/mol. The number of fused-ring (bicyclic) bond motifs is 3. The third kappa shape index (κ3) is 5.75. The fourth-order valence-corrected chi connectivity index (χ4v) is 4.26. The van der Waals surface area contributed by atoms with Gasteiger partial charge >= 0.3 is 12.1 Å². The summed E-state index contributed by atoms with van der Waals surface area (Å²) in [5.41, 5.74) is 4.33. The minimum atomic E-state index is -1.25. The minimum absolute atomic E-state index is 0.0719. The summed E-state index contributed by atoms with van der Waals surface area (Å²) in [5.74, 6) is -1.82. The van der Waals surface area contributed by atoms with E-state index in [9.17, 15) is 19.5 Å². The van der Waals surface area contributed by atoms with Crippen molar-refractivity contribution in [3.63, 3.8) is 0 Å². The van der Waals surface area contributed by atoms with E-state index in [1.54, 1.807) is 0 Å². The molecule has 3 rings (SSSR count). The summed E-state index contributed by atoms with van der Waals surface area (Å²) in [6.45, 7) is 5.81. The SMILES string of the molecule is COC(C)CN(C(=O)C(CC(=O)O)NC(=O)OCC1c2ccccc2-c2ccccc21)C(C)C. The molecule has 2 N–H and O–H groups in total. The van der Waals surface area contributed by atoms with Crippen LogP contribution in [0.15, 0.2) is 48.5 Å². The number of methoxy groups -OCH3 is 1. The van der Waals surface area contributed by atoms with Crippen LogP contribution in [0, 0.1) is 0 Å². The van der Waals surface area contributed by atoms with Gasteiger partial charge in [-0.2, -0.15) is 0 Å². The molecule has 0 bridgehead atoms. The van der Waals surface area contributed by atoms with E-state index < -0.39 is 30.4 Å². The van der Waals surface area contributed by atoms with Crippen LogP contribution >= 0.6 is 0 Å². The number of carboxylic acids is 1. The first-order chi connectivity index (χ1) is 16.2. The standard InChI is InChI=1S/C26H32N2O6/c1-16(2)28(14-17(3)33-4)25(31)23(13-24(29)30)27-26(32)34-15-22-20-11-7-5-9-18(20)19-10-6-8-12-21(19)22/h5-12,16-17,22-23H,13-15H2,1-4H3,(H,27,32)(H,29,30). The van der Waals surface area contributed by atoms with Crippen molar-refractivity contribution < 1.29 is 29.0 Å². The van der Waals surface area contributed by atoms with Crippen molar-refractivity contribution in [2.45, 2.75) is 51.3 Å². The first-order valence-electron chi connectivity index (χ1n) is 11.4. The molecule has 34 heavy (non-hydrogen) atoms. The van der Waals surface area contributed by atoms with Gasteiger partial charge in [0, 0.05) is 25.6 Å². The largest absolute Gasteiger partial charge is 0.481 e. The first kappa shape index (κ1) is 25.2. The Hall–Kier alpha value is -3.39. The van der Waals surface area contributed by atoms with Crippen LogP contribution in [0.4, 0.5) is 4.79 Å². The van der Waals surface area contributed by atoms with Gasteiger partial charge in [-0.1, -0.05) is 48.5 Å². The molecule has 182 valence electrons. The Kier molecular flexibility index (Phi) is 8.28. The van der Waals surface area contributed by atoms with Crippen molar-refractivity contribution in [3.05, 3.63) is 59.7 Å². The van der Waals surface area contributed by atoms with Gasteiger partial charge < -0.3 is 24.8 Å². The van der Waals surface area contributed by atoms with E-state index in [1.807, 2.05) is 69.3 Å². The van der Waals surface area contributed by atoms with Crippen LogP contribution in [-0.2, 0) is 19.1 Å². The van der Waals surface area contributed by atoms with Gasteiger partial charge in [0.25, 0.3) is 0 Å². The zero-order valence-corrected chi connectivity index (χ0v) is 20.0. The normalized spacial score (nSPS) is 14.1. The van der Waals surface area contributed by atoms with Crippen molar-refractivity contribution in [2.24, 2.45) is 0 Å². The van der Waals surface area contributed by atoms with Gasteiger partial charge in [0.2, 0.25) is 5.91 Å². The summed E-state index contributed by atoms with van der Waals surface area (Å²) in [6, 6.07) is 14.5. The summed E-state index contributed by atoms with van der Waals surface area (Å²) in [7, 11) is 1.54. The second-order valence-electron chi connectivity index (χ2n) is 8.75. The van der Waals surface area contributed by atoms with Crippen molar-refractivity contribution in [1.82, 2.24) is 10.2 Å². The Labute approximate surface area is 199 Å². The fourth-order valence-electron chi connectivity index (χ4n) is 4.26. The lowest BCUT2D eigenvalue weighted by Gasteiger charge is -2.32. The maximum atomic E-state index is 13.1. The Morgan fingerprint density at radius 3 is 2.06 bits per heavy atom. The lowest BCUT2D eigenvalue weighted by atomic mass is 9.98. The van der Waals surface area contributed by atoms with Crippen LogP contribution in [0.3, 0.4) is 0 Å². The molecule has 0 aromatic heterocycles. The Balaban J connectivity index is 1.71. The fraction of sp³-hybridized carbons (Fsp3) is 0.423. The zero-order chi connectivity index (χ0) is 24.8. The van der Waals surface area contributed by atoms with Gasteiger partial charge in [-0.3, -0.25) is 9.59 Å². The van der Waals surface area contributed by atoms with Crippen LogP contribution in [0.2, 0.25) is 0 Å². The van der Waals surface area contributed by atoms with E-state index in [0.29, 0.717) is 0 Å². The Bertz CT molecular complexity index is 992. The summed E-state index contributed by atoms with van der Waals surface area (Å²) < 4.78 is 10.8. The number of aliphatic carboxylic acids is 1. The third-order valence-corrected chi connectivity index (χ3v) is 6.08. The topological polar surface area (TPSA) is 105 Å². The van der Waals surface area contributed by atoms with Gasteiger partial charge in [-0.15, -0.1) is 0 Å². The molecule has 0 spiro atoms. The molecule has 0 aliphatic heterocycles. The molecular formula is C26H32N2O6. The Morgan fingerprint density at radius 1 is 1.00 bits per heavy atom. The molecule has 1 aliphatic carbocycles. The van der Waals surface area contributed by atoms with Gasteiger partial charge in [0.05, 0.1) is 12.5 Å². The van der Waals surface area contributed by atoms with Crippen LogP contribution in [0.1, 0.15) is 44.2 Å². The highest BCUT2D eigenvalue weighted by Gasteiger charge is 2.32. The van der Waals surface area contributed by atoms with E-state index in [0.717, 1.165) is 22.3 Å². The van der Waals surface area contributed by atoms with Gasteiger partial charge in [-0.05, 0) is 43.0 Å². The molecule has 0 radical (unpaired) electrons. The van der Waals surface area contributed by atoms with E-state index in [-0.39, 0.29) is 31.2 Å². The summed E-state index contributed by atoms with van der Waals surface area (Å²) >= 11 is 0.